The van der Waals surface area contributed by atoms with E-state index in [-0.39, 0.29) is 30.9 Å². The molecule has 40 heavy (non-hydrogen) atoms. The number of esters is 2. The van der Waals surface area contributed by atoms with Gasteiger partial charge in [-0.15, -0.1) is 0 Å². The summed E-state index contributed by atoms with van der Waals surface area (Å²) >= 11 is 0. The minimum atomic E-state index is -0.550. The lowest BCUT2D eigenvalue weighted by Gasteiger charge is -1.91. The van der Waals surface area contributed by atoms with Gasteiger partial charge in [-0.3, -0.25) is 14.9 Å². The number of rotatable bonds is 0. The fourth-order valence-corrected chi connectivity index (χ4v) is 3.38. The molecule has 9 nitrogen and oxygen atoms in total. The van der Waals surface area contributed by atoms with E-state index in [0.29, 0.717) is 22.3 Å². The number of carbonyl (C=O) groups is 4. The Kier molecular flexibility index (Phi) is 21.9. The van der Waals surface area contributed by atoms with Gasteiger partial charge in [-0.05, 0) is 35.4 Å². The highest BCUT2D eigenvalue weighted by molar-refractivity contribution is 6.21. The van der Waals surface area contributed by atoms with Crippen LogP contribution < -0.4 is 16.8 Å². The first-order valence-corrected chi connectivity index (χ1v) is 12.6. The molecule has 3 aliphatic heterocycles. The summed E-state index contributed by atoms with van der Waals surface area (Å²) in [5.41, 5.74) is 4.57. The SMILES string of the molecule is C.CC.CC.CC.N.O.O=C1NC(=O)c2ccccc21.O=C1OC(=O)c2ccccc21.c1ccc2c(c1)CNC2. The van der Waals surface area contributed by atoms with Crippen LogP contribution in [0.2, 0.25) is 0 Å². The summed E-state index contributed by atoms with van der Waals surface area (Å²) in [4.78, 5) is 43.6. The lowest BCUT2D eigenvalue weighted by molar-refractivity contribution is 0.0443. The van der Waals surface area contributed by atoms with Crippen molar-refractivity contribution in [1.82, 2.24) is 16.8 Å². The molecule has 0 saturated heterocycles. The zero-order chi connectivity index (χ0) is 27.8. The topological polar surface area (TPSA) is 168 Å². The molecule has 0 saturated carbocycles. The van der Waals surface area contributed by atoms with Gasteiger partial charge in [0.2, 0.25) is 0 Å². The average molecular weight is 556 g/mol. The van der Waals surface area contributed by atoms with Crippen molar-refractivity contribution in [3.8, 4) is 0 Å². The minimum Gasteiger partial charge on any atom is -0.412 e. The minimum absolute atomic E-state index is 0. The standard InChI is InChI=1S/C8H5NO2.C8H9N.C8H4O3.3C2H6.CH4.H3N.H2O/c10-7-5-3-1-2-4-6(5)8(11)9-7;1-2-4-8-6-9-5-7(8)3-1;9-7-5-3-1-2-4-6(5)8(10)11-7;3*1-2;;;/h1-4H,(H,9,10,11);1-4,9H,5-6H2;1-4H;3*1-2H3;1H4;1H3;1H2. The summed E-state index contributed by atoms with van der Waals surface area (Å²) in [6, 6.07) is 21.8. The van der Waals surface area contributed by atoms with E-state index in [1.807, 2.05) is 41.5 Å². The number of hydrogen-bond donors (Lipinski definition) is 3. The molecule has 0 aromatic heterocycles. The van der Waals surface area contributed by atoms with Gasteiger partial charge in [0, 0.05) is 13.1 Å². The lowest BCUT2D eigenvalue weighted by Crippen LogP contribution is -2.19. The molecule has 0 atom stereocenters. The van der Waals surface area contributed by atoms with E-state index >= 15 is 0 Å². The molecule has 6 rings (SSSR count). The van der Waals surface area contributed by atoms with Gasteiger partial charge in [0.25, 0.3) is 11.8 Å². The Bertz CT molecular complexity index is 1050. The fraction of sp³-hybridized carbons (Fsp3) is 0.290. The summed E-state index contributed by atoms with van der Waals surface area (Å²) in [6.07, 6.45) is 0. The highest BCUT2D eigenvalue weighted by Crippen LogP contribution is 2.18. The van der Waals surface area contributed by atoms with Gasteiger partial charge < -0.3 is 21.7 Å². The van der Waals surface area contributed by atoms with Crippen molar-refractivity contribution < 1.29 is 29.4 Å². The van der Waals surface area contributed by atoms with Crippen LogP contribution in [0, 0.1) is 0 Å². The van der Waals surface area contributed by atoms with Gasteiger partial charge in [0.05, 0.1) is 22.3 Å². The molecule has 3 aromatic carbocycles. The number of benzene rings is 3. The maximum absolute atomic E-state index is 10.9. The largest absolute Gasteiger partial charge is 0.412 e. The van der Waals surface area contributed by atoms with Crippen molar-refractivity contribution in [3.63, 3.8) is 0 Å². The Morgan fingerprint density at radius 2 is 0.850 bits per heavy atom. The molecule has 0 fully saturated rings. The van der Waals surface area contributed by atoms with Crippen LogP contribution >= 0.6 is 0 Å². The van der Waals surface area contributed by atoms with E-state index in [4.69, 9.17) is 0 Å². The van der Waals surface area contributed by atoms with E-state index in [2.05, 4.69) is 39.6 Å². The molecule has 2 amide bonds. The first kappa shape index (κ1) is 40.3. The zero-order valence-electron chi connectivity index (χ0n) is 23.6. The number of fused-ring (bicyclic) bond motifs is 3. The molecular formula is C31H45N3O6. The van der Waals surface area contributed by atoms with E-state index in [1.165, 1.54) is 11.1 Å². The Balaban J connectivity index is -0.000000455. The van der Waals surface area contributed by atoms with Crippen LogP contribution in [0.3, 0.4) is 0 Å². The Labute approximate surface area is 238 Å². The normalized spacial score (nSPS) is 11.9. The number of carbonyl (C=O) groups excluding carboxylic acids is 4. The molecule has 7 N–H and O–H groups in total. The molecule has 0 bridgehead atoms. The summed E-state index contributed by atoms with van der Waals surface area (Å²) in [7, 11) is 0. The van der Waals surface area contributed by atoms with Crippen LogP contribution in [0.5, 0.6) is 0 Å². The molecule has 0 aliphatic carbocycles. The van der Waals surface area contributed by atoms with Crippen molar-refractivity contribution in [3.05, 3.63) is 106 Å². The Hall–Kier alpha value is -4.18. The average Bonchev–Trinajstić information content (AvgIpc) is 3.65. The van der Waals surface area contributed by atoms with Gasteiger partial charge >= 0.3 is 11.9 Å². The van der Waals surface area contributed by atoms with Crippen LogP contribution in [0.1, 0.15) is 102 Å². The third-order valence-corrected chi connectivity index (χ3v) is 4.94. The molecule has 9 heteroatoms. The van der Waals surface area contributed by atoms with Crippen molar-refractivity contribution >= 4 is 23.8 Å². The van der Waals surface area contributed by atoms with Crippen molar-refractivity contribution in [1.29, 1.82) is 0 Å². The molecule has 3 aliphatic rings. The smallest absolute Gasteiger partial charge is 0.346 e. The van der Waals surface area contributed by atoms with E-state index in [0.717, 1.165) is 13.1 Å². The maximum Gasteiger partial charge on any atom is 0.346 e. The van der Waals surface area contributed by atoms with Crippen LogP contribution in [0.4, 0.5) is 0 Å². The molecule has 0 unspecified atom stereocenters. The first-order valence-electron chi connectivity index (χ1n) is 12.6. The molecule has 0 radical (unpaired) electrons. The third-order valence-electron chi connectivity index (χ3n) is 4.94. The Morgan fingerprint density at radius 1 is 0.550 bits per heavy atom. The van der Waals surface area contributed by atoms with Crippen molar-refractivity contribution in [2.75, 3.05) is 0 Å². The second-order valence-electron chi connectivity index (χ2n) is 6.92. The van der Waals surface area contributed by atoms with Gasteiger partial charge in [0.1, 0.15) is 0 Å². The van der Waals surface area contributed by atoms with E-state index < -0.39 is 11.9 Å². The van der Waals surface area contributed by atoms with E-state index in [9.17, 15) is 19.2 Å². The van der Waals surface area contributed by atoms with Crippen LogP contribution in [-0.4, -0.2) is 29.2 Å². The number of nitrogens with one attached hydrogen (secondary N) is 2. The molecule has 3 heterocycles. The number of imide groups is 1. The van der Waals surface area contributed by atoms with E-state index in [1.54, 1.807) is 48.5 Å². The highest BCUT2D eigenvalue weighted by atomic mass is 16.6. The van der Waals surface area contributed by atoms with Crippen LogP contribution in [0.15, 0.2) is 72.8 Å². The number of amides is 2. The second kappa shape index (κ2) is 21.7. The molecule has 3 aromatic rings. The Morgan fingerprint density at radius 3 is 1.20 bits per heavy atom. The maximum atomic E-state index is 10.9. The second-order valence-corrected chi connectivity index (χ2v) is 6.92. The molecule has 220 valence electrons. The zero-order valence-corrected chi connectivity index (χ0v) is 23.6. The van der Waals surface area contributed by atoms with Crippen LogP contribution in [0.25, 0.3) is 0 Å². The monoisotopic (exact) mass is 555 g/mol. The third kappa shape index (κ3) is 10.5. The molecule has 0 spiro atoms. The van der Waals surface area contributed by atoms with Gasteiger partial charge in [-0.2, -0.15) is 0 Å². The van der Waals surface area contributed by atoms with Gasteiger partial charge in [0.15, 0.2) is 0 Å². The highest BCUT2D eigenvalue weighted by Gasteiger charge is 2.28. The number of cyclic esters (lactones) is 2. The van der Waals surface area contributed by atoms with Crippen LogP contribution in [-0.2, 0) is 17.8 Å². The van der Waals surface area contributed by atoms with Crippen molar-refractivity contribution in [2.45, 2.75) is 62.1 Å². The number of ether oxygens (including phenoxy) is 1. The summed E-state index contributed by atoms with van der Waals surface area (Å²) < 4.78 is 4.35. The first-order chi connectivity index (χ1) is 18.0. The molecular weight excluding hydrogens is 510 g/mol. The predicted octanol–water partition coefficient (Wildman–Crippen LogP) is 5.91. The summed E-state index contributed by atoms with van der Waals surface area (Å²) in [6.45, 7) is 14.1. The fourth-order valence-electron chi connectivity index (χ4n) is 3.38. The quantitative estimate of drug-likeness (QED) is 0.176. The number of hydrogen-bond acceptors (Lipinski definition) is 7. The van der Waals surface area contributed by atoms with Gasteiger partial charge in [-0.1, -0.05) is 97.5 Å². The summed E-state index contributed by atoms with van der Waals surface area (Å²) in [5, 5.41) is 5.49. The summed E-state index contributed by atoms with van der Waals surface area (Å²) in [5.74, 6) is -1.70. The van der Waals surface area contributed by atoms with Crippen molar-refractivity contribution in [2.24, 2.45) is 0 Å². The van der Waals surface area contributed by atoms with Gasteiger partial charge in [-0.25, -0.2) is 9.59 Å². The lowest BCUT2D eigenvalue weighted by atomic mass is 10.1. The predicted molar refractivity (Wildman–Crippen MR) is 161 cm³/mol.